The lowest BCUT2D eigenvalue weighted by Gasteiger charge is -2.13. The van der Waals surface area contributed by atoms with Crippen LogP contribution in [0.4, 0.5) is 0 Å². The van der Waals surface area contributed by atoms with Gasteiger partial charge in [0.25, 0.3) is 0 Å². The number of nitrogens with two attached hydrogens (primary N) is 1. The molecule has 15 heavy (non-hydrogen) atoms. The molecule has 0 radical (unpaired) electrons. The van der Waals surface area contributed by atoms with Crippen LogP contribution in [0.3, 0.4) is 0 Å². The maximum atomic E-state index is 5.69. The first-order valence-electron chi connectivity index (χ1n) is 5.35. The lowest BCUT2D eigenvalue weighted by Crippen LogP contribution is -2.11. The topological polar surface area (TPSA) is 53.1 Å². The molecule has 0 fully saturated rings. The van der Waals surface area contributed by atoms with Crippen molar-refractivity contribution in [2.75, 3.05) is 13.7 Å². The third-order valence-corrected chi connectivity index (χ3v) is 2.84. The summed E-state index contributed by atoms with van der Waals surface area (Å²) in [6.45, 7) is 7.56. The molecule has 1 aromatic rings. The Morgan fingerprint density at radius 3 is 2.60 bits per heavy atom. The van der Waals surface area contributed by atoms with Gasteiger partial charge in [0.15, 0.2) is 0 Å². The number of aryl methyl sites for hydroxylation is 1. The summed E-state index contributed by atoms with van der Waals surface area (Å²) < 4.78 is 7.12. The number of hydrogen-bond acceptors (Lipinski definition) is 3. The number of nitrogens with zero attached hydrogens (tertiary/aromatic N) is 2. The quantitative estimate of drug-likeness (QED) is 0.804. The molecule has 0 aromatic carbocycles. The van der Waals surface area contributed by atoms with E-state index in [1.165, 1.54) is 11.3 Å². The highest BCUT2D eigenvalue weighted by atomic mass is 16.5. The van der Waals surface area contributed by atoms with Crippen molar-refractivity contribution in [1.29, 1.82) is 0 Å². The minimum atomic E-state index is 0.365. The molecule has 0 saturated heterocycles. The van der Waals surface area contributed by atoms with Crippen molar-refractivity contribution in [2.45, 2.75) is 39.8 Å². The van der Waals surface area contributed by atoms with E-state index >= 15 is 0 Å². The summed E-state index contributed by atoms with van der Waals surface area (Å²) >= 11 is 0. The Morgan fingerprint density at radius 1 is 1.47 bits per heavy atom. The van der Waals surface area contributed by atoms with E-state index in [9.17, 15) is 0 Å². The Hall–Kier alpha value is -0.870. The van der Waals surface area contributed by atoms with Crippen molar-refractivity contribution in [3.63, 3.8) is 0 Å². The van der Waals surface area contributed by atoms with Gasteiger partial charge in [-0.2, -0.15) is 5.10 Å². The second-order valence-electron chi connectivity index (χ2n) is 3.93. The first kappa shape index (κ1) is 12.2. The first-order valence-corrected chi connectivity index (χ1v) is 5.35. The Morgan fingerprint density at radius 2 is 2.13 bits per heavy atom. The molecule has 0 saturated carbocycles. The molecule has 4 nitrogen and oxygen atoms in total. The largest absolute Gasteiger partial charge is 0.385 e. The van der Waals surface area contributed by atoms with E-state index in [4.69, 9.17) is 10.5 Å². The normalized spacial score (nSPS) is 13.1. The highest BCUT2D eigenvalue weighted by Gasteiger charge is 2.14. The fraction of sp³-hybridized carbons (Fsp3) is 0.727. The van der Waals surface area contributed by atoms with Gasteiger partial charge in [-0.25, -0.2) is 0 Å². The van der Waals surface area contributed by atoms with Crippen LogP contribution in [0.25, 0.3) is 0 Å². The lowest BCUT2D eigenvalue weighted by molar-refractivity contribution is 0.178. The predicted molar refractivity (Wildman–Crippen MR) is 60.8 cm³/mol. The van der Waals surface area contributed by atoms with Gasteiger partial charge in [-0.15, -0.1) is 0 Å². The van der Waals surface area contributed by atoms with Gasteiger partial charge in [0.05, 0.1) is 11.7 Å². The van der Waals surface area contributed by atoms with Crippen molar-refractivity contribution >= 4 is 0 Å². The van der Waals surface area contributed by atoms with Crippen LogP contribution in [0.1, 0.15) is 36.3 Å². The van der Waals surface area contributed by atoms with Gasteiger partial charge >= 0.3 is 0 Å². The number of methoxy groups -OCH3 is 1. The molecule has 1 atom stereocenters. The van der Waals surface area contributed by atoms with E-state index in [1.54, 1.807) is 7.11 Å². The SMILES string of the molecule is COCCC(C)n1nc(C)c(CN)c1C. The van der Waals surface area contributed by atoms with Gasteiger partial charge in [-0.3, -0.25) is 4.68 Å². The molecule has 2 N–H and O–H groups in total. The smallest absolute Gasteiger partial charge is 0.0641 e. The Bertz CT molecular complexity index is 320. The maximum absolute atomic E-state index is 5.69. The predicted octanol–water partition coefficient (Wildman–Crippen LogP) is 1.56. The van der Waals surface area contributed by atoms with Crippen molar-refractivity contribution < 1.29 is 4.74 Å². The van der Waals surface area contributed by atoms with E-state index in [0.717, 1.165) is 18.7 Å². The number of aromatic nitrogens is 2. The molecular weight excluding hydrogens is 190 g/mol. The minimum Gasteiger partial charge on any atom is -0.385 e. The Labute approximate surface area is 91.4 Å². The van der Waals surface area contributed by atoms with E-state index in [1.807, 2.05) is 6.92 Å². The zero-order valence-electron chi connectivity index (χ0n) is 10.1. The molecule has 1 rings (SSSR count). The fourth-order valence-electron chi connectivity index (χ4n) is 1.83. The van der Waals surface area contributed by atoms with E-state index < -0.39 is 0 Å². The summed E-state index contributed by atoms with van der Waals surface area (Å²) in [5.41, 5.74) is 9.07. The molecule has 1 heterocycles. The zero-order chi connectivity index (χ0) is 11.4. The summed E-state index contributed by atoms with van der Waals surface area (Å²) in [6, 6.07) is 0.365. The van der Waals surface area contributed by atoms with E-state index in [2.05, 4.69) is 23.6 Å². The van der Waals surface area contributed by atoms with Gasteiger partial charge in [-0.1, -0.05) is 0 Å². The van der Waals surface area contributed by atoms with Crippen LogP contribution < -0.4 is 5.73 Å². The molecule has 1 aromatic heterocycles. The molecular formula is C11H21N3O. The van der Waals surface area contributed by atoms with Crippen LogP contribution in [0.5, 0.6) is 0 Å². The van der Waals surface area contributed by atoms with Gasteiger partial charge in [-0.05, 0) is 27.2 Å². The highest BCUT2D eigenvalue weighted by molar-refractivity contribution is 5.24. The summed E-state index contributed by atoms with van der Waals surface area (Å²) in [5.74, 6) is 0. The van der Waals surface area contributed by atoms with Crippen molar-refractivity contribution in [3.05, 3.63) is 17.0 Å². The summed E-state index contributed by atoms with van der Waals surface area (Å²) in [7, 11) is 1.72. The third-order valence-electron chi connectivity index (χ3n) is 2.84. The molecule has 0 aliphatic carbocycles. The van der Waals surface area contributed by atoms with Crippen LogP contribution in [-0.4, -0.2) is 23.5 Å². The summed E-state index contributed by atoms with van der Waals surface area (Å²) in [4.78, 5) is 0. The molecule has 4 heteroatoms. The second kappa shape index (κ2) is 5.28. The van der Waals surface area contributed by atoms with Crippen LogP contribution in [0.15, 0.2) is 0 Å². The standard InChI is InChI=1S/C11H21N3O/c1-8(5-6-15-4)14-10(3)11(7-12)9(2)13-14/h8H,5-7,12H2,1-4H3. The Balaban J connectivity index is 2.85. The van der Waals surface area contributed by atoms with E-state index in [0.29, 0.717) is 12.6 Å². The summed E-state index contributed by atoms with van der Waals surface area (Å²) in [5, 5.41) is 4.51. The lowest BCUT2D eigenvalue weighted by atomic mass is 10.2. The van der Waals surface area contributed by atoms with Crippen LogP contribution >= 0.6 is 0 Å². The third kappa shape index (κ3) is 2.58. The number of ether oxygens (including phenoxy) is 1. The van der Waals surface area contributed by atoms with Gasteiger partial charge in [0.2, 0.25) is 0 Å². The Kier molecular flexibility index (Phi) is 4.29. The average molecular weight is 211 g/mol. The molecule has 0 bridgehead atoms. The maximum Gasteiger partial charge on any atom is 0.0641 e. The molecule has 0 aliphatic rings. The van der Waals surface area contributed by atoms with E-state index in [-0.39, 0.29) is 0 Å². The minimum absolute atomic E-state index is 0.365. The molecule has 86 valence electrons. The van der Waals surface area contributed by atoms with Gasteiger partial charge < -0.3 is 10.5 Å². The van der Waals surface area contributed by atoms with Crippen molar-refractivity contribution in [2.24, 2.45) is 5.73 Å². The first-order chi connectivity index (χ1) is 7.11. The van der Waals surface area contributed by atoms with Crippen LogP contribution in [0.2, 0.25) is 0 Å². The van der Waals surface area contributed by atoms with Gasteiger partial charge in [0.1, 0.15) is 0 Å². The summed E-state index contributed by atoms with van der Waals surface area (Å²) in [6.07, 6.45) is 0.975. The molecule has 0 aliphatic heterocycles. The molecule has 0 spiro atoms. The fourth-order valence-corrected chi connectivity index (χ4v) is 1.83. The van der Waals surface area contributed by atoms with Crippen molar-refractivity contribution in [3.8, 4) is 0 Å². The van der Waals surface area contributed by atoms with Crippen LogP contribution in [0, 0.1) is 13.8 Å². The number of hydrogen-bond donors (Lipinski definition) is 1. The van der Waals surface area contributed by atoms with Crippen molar-refractivity contribution in [1.82, 2.24) is 9.78 Å². The average Bonchev–Trinajstić information content (AvgIpc) is 2.50. The molecule has 0 amide bonds. The highest BCUT2D eigenvalue weighted by Crippen LogP contribution is 2.18. The zero-order valence-corrected chi connectivity index (χ0v) is 10.1. The van der Waals surface area contributed by atoms with Gasteiger partial charge in [0, 0.05) is 31.5 Å². The monoisotopic (exact) mass is 211 g/mol. The van der Waals surface area contributed by atoms with Crippen LogP contribution in [-0.2, 0) is 11.3 Å². The second-order valence-corrected chi connectivity index (χ2v) is 3.93. The molecule has 1 unspecified atom stereocenters. The number of rotatable bonds is 5.